The smallest absolute Gasteiger partial charge is 0.118 e. The van der Waals surface area contributed by atoms with E-state index in [1.54, 1.807) is 31.4 Å². The largest absolute Gasteiger partial charge is 0.497 e. The number of benzene rings is 1. The molecule has 1 rings (SSSR count). The van der Waals surface area contributed by atoms with E-state index in [9.17, 15) is 4.39 Å². The minimum atomic E-state index is 0.197. The second kappa shape index (κ2) is 4.62. The number of hydrogen-bond acceptors (Lipinski definition) is 2. The van der Waals surface area contributed by atoms with Crippen LogP contribution in [-0.2, 0) is 0 Å². The van der Waals surface area contributed by atoms with Gasteiger partial charge in [0.15, 0.2) is 0 Å². The first-order valence-electron chi connectivity index (χ1n) is 3.95. The van der Waals surface area contributed by atoms with Gasteiger partial charge < -0.3 is 10.5 Å². The lowest BCUT2D eigenvalue weighted by Crippen LogP contribution is -2.01. The second-order valence-electron chi connectivity index (χ2n) is 2.57. The Hall–Kier alpha value is -1.35. The summed E-state index contributed by atoms with van der Waals surface area (Å²) < 4.78 is 17.2. The number of nitrogens with two attached hydrogens (primary N) is 1. The average Bonchev–Trinajstić information content (AvgIpc) is 2.21. The molecule has 0 saturated heterocycles. The normalized spacial score (nSPS) is 11.5. The molecule has 13 heavy (non-hydrogen) atoms. The zero-order valence-corrected chi connectivity index (χ0v) is 7.46. The number of rotatable bonds is 3. The Balaban J connectivity index is 2.91. The third kappa shape index (κ3) is 2.29. The van der Waals surface area contributed by atoms with Crippen molar-refractivity contribution in [2.45, 2.75) is 0 Å². The molecule has 70 valence electrons. The molecule has 0 aliphatic carbocycles. The van der Waals surface area contributed by atoms with E-state index >= 15 is 0 Å². The topological polar surface area (TPSA) is 35.2 Å². The van der Waals surface area contributed by atoms with Crippen molar-refractivity contribution in [1.29, 1.82) is 0 Å². The van der Waals surface area contributed by atoms with E-state index in [1.165, 1.54) is 0 Å². The maximum absolute atomic E-state index is 12.3. The molecule has 3 heteroatoms. The molecule has 0 saturated carbocycles. The van der Waals surface area contributed by atoms with Crippen molar-refractivity contribution in [2.24, 2.45) is 5.73 Å². The van der Waals surface area contributed by atoms with Crippen molar-refractivity contribution in [3.63, 3.8) is 0 Å². The summed E-state index contributed by atoms with van der Waals surface area (Å²) in [6.07, 6.45) is 0.530. The van der Waals surface area contributed by atoms with Crippen molar-refractivity contribution in [3.8, 4) is 5.75 Å². The molecule has 0 fully saturated rings. The van der Waals surface area contributed by atoms with Gasteiger partial charge in [0.25, 0.3) is 0 Å². The van der Waals surface area contributed by atoms with E-state index in [0.717, 1.165) is 11.3 Å². The van der Waals surface area contributed by atoms with Crippen molar-refractivity contribution >= 4 is 5.57 Å². The van der Waals surface area contributed by atoms with Crippen molar-refractivity contribution in [2.75, 3.05) is 13.7 Å². The van der Waals surface area contributed by atoms with Crippen molar-refractivity contribution in [1.82, 2.24) is 0 Å². The summed E-state index contributed by atoms with van der Waals surface area (Å²) in [5.41, 5.74) is 6.62. The van der Waals surface area contributed by atoms with Crippen molar-refractivity contribution < 1.29 is 9.13 Å². The number of hydrogen-bond donors (Lipinski definition) is 1. The van der Waals surface area contributed by atoms with Gasteiger partial charge in [-0.15, -0.1) is 0 Å². The highest BCUT2D eigenvalue weighted by Gasteiger charge is 1.99. The van der Waals surface area contributed by atoms with Crippen LogP contribution in [0.4, 0.5) is 4.39 Å². The van der Waals surface area contributed by atoms with Crippen LogP contribution in [0.1, 0.15) is 5.56 Å². The first-order valence-corrected chi connectivity index (χ1v) is 3.95. The molecule has 0 aromatic heterocycles. The van der Waals surface area contributed by atoms with Gasteiger partial charge in [0.1, 0.15) is 5.75 Å². The maximum atomic E-state index is 12.3. The first kappa shape index (κ1) is 9.74. The molecular weight excluding hydrogens is 169 g/mol. The van der Waals surface area contributed by atoms with Gasteiger partial charge >= 0.3 is 0 Å². The molecule has 2 N–H and O–H groups in total. The fraction of sp³-hybridized carbons (Fsp3) is 0.200. The minimum Gasteiger partial charge on any atom is -0.497 e. The van der Waals surface area contributed by atoms with Gasteiger partial charge in [-0.1, -0.05) is 12.1 Å². The SMILES string of the molecule is COc1ccc(/C(=C\F)CN)cc1. The maximum Gasteiger partial charge on any atom is 0.118 e. The Morgan fingerprint density at radius 3 is 2.46 bits per heavy atom. The molecular formula is C10H12FNO. The predicted molar refractivity (Wildman–Crippen MR) is 51.1 cm³/mol. The highest BCUT2D eigenvalue weighted by molar-refractivity contribution is 5.66. The van der Waals surface area contributed by atoms with Crippen LogP contribution in [0.5, 0.6) is 5.75 Å². The van der Waals surface area contributed by atoms with E-state index in [-0.39, 0.29) is 6.54 Å². The molecule has 1 aromatic rings. The van der Waals surface area contributed by atoms with Crippen molar-refractivity contribution in [3.05, 3.63) is 36.2 Å². The molecule has 1 aromatic carbocycles. The zero-order valence-electron chi connectivity index (χ0n) is 7.46. The predicted octanol–water partition coefficient (Wildman–Crippen LogP) is 1.96. The van der Waals surface area contributed by atoms with Gasteiger partial charge in [-0.3, -0.25) is 0 Å². The first-order chi connectivity index (χ1) is 6.31. The van der Waals surface area contributed by atoms with Crippen LogP contribution in [0.25, 0.3) is 5.57 Å². The highest BCUT2D eigenvalue weighted by atomic mass is 19.1. The number of methoxy groups -OCH3 is 1. The van der Waals surface area contributed by atoms with E-state index < -0.39 is 0 Å². The summed E-state index contributed by atoms with van der Waals surface area (Å²) in [4.78, 5) is 0. The second-order valence-corrected chi connectivity index (χ2v) is 2.57. The fourth-order valence-corrected chi connectivity index (χ4v) is 1.03. The Labute approximate surface area is 76.8 Å². The zero-order chi connectivity index (χ0) is 9.68. The van der Waals surface area contributed by atoms with Crippen LogP contribution in [0.15, 0.2) is 30.6 Å². The van der Waals surface area contributed by atoms with Gasteiger partial charge in [0, 0.05) is 12.1 Å². The Morgan fingerprint density at radius 2 is 2.08 bits per heavy atom. The average molecular weight is 181 g/mol. The molecule has 0 bridgehead atoms. The van der Waals surface area contributed by atoms with Gasteiger partial charge in [-0.2, -0.15) is 0 Å². The molecule has 0 atom stereocenters. The molecule has 0 spiro atoms. The molecule has 0 unspecified atom stereocenters. The summed E-state index contributed by atoms with van der Waals surface area (Å²) in [7, 11) is 1.59. The monoisotopic (exact) mass is 181 g/mol. The summed E-state index contributed by atoms with van der Waals surface area (Å²) in [5.74, 6) is 0.749. The summed E-state index contributed by atoms with van der Waals surface area (Å²) >= 11 is 0. The van der Waals surface area contributed by atoms with Crippen LogP contribution < -0.4 is 10.5 Å². The Bertz CT molecular complexity index is 292. The van der Waals surface area contributed by atoms with Gasteiger partial charge in [0.05, 0.1) is 13.4 Å². The van der Waals surface area contributed by atoms with E-state index in [2.05, 4.69) is 0 Å². The molecule has 2 nitrogen and oxygen atoms in total. The number of ether oxygens (including phenoxy) is 1. The van der Waals surface area contributed by atoms with Crippen LogP contribution in [-0.4, -0.2) is 13.7 Å². The molecule has 0 amide bonds. The van der Waals surface area contributed by atoms with Crippen LogP contribution in [0.3, 0.4) is 0 Å². The molecule has 0 aliphatic rings. The lowest BCUT2D eigenvalue weighted by atomic mass is 10.1. The van der Waals surface area contributed by atoms with Gasteiger partial charge in [0.2, 0.25) is 0 Å². The standard InChI is InChI=1S/C10H12FNO/c1-13-10-4-2-8(3-5-10)9(6-11)7-12/h2-6H,7,12H2,1H3/b9-6-. The summed E-state index contributed by atoms with van der Waals surface area (Å²) in [5, 5.41) is 0. The van der Waals surface area contributed by atoms with Gasteiger partial charge in [-0.25, -0.2) is 4.39 Å². The third-order valence-electron chi connectivity index (χ3n) is 1.81. The molecule has 0 heterocycles. The quantitative estimate of drug-likeness (QED) is 0.773. The third-order valence-corrected chi connectivity index (χ3v) is 1.81. The highest BCUT2D eigenvalue weighted by Crippen LogP contribution is 2.17. The molecule has 0 aliphatic heterocycles. The lowest BCUT2D eigenvalue weighted by molar-refractivity contribution is 0.415. The fourth-order valence-electron chi connectivity index (χ4n) is 1.03. The lowest BCUT2D eigenvalue weighted by Gasteiger charge is -2.03. The van der Waals surface area contributed by atoms with Gasteiger partial charge in [-0.05, 0) is 17.7 Å². The Kier molecular flexibility index (Phi) is 3.46. The van der Waals surface area contributed by atoms with Crippen LogP contribution >= 0.6 is 0 Å². The van der Waals surface area contributed by atoms with E-state index in [4.69, 9.17) is 10.5 Å². The summed E-state index contributed by atoms with van der Waals surface area (Å²) in [6, 6.07) is 7.09. The number of halogens is 1. The van der Waals surface area contributed by atoms with E-state index in [0.29, 0.717) is 11.9 Å². The van der Waals surface area contributed by atoms with E-state index in [1.807, 2.05) is 0 Å². The molecule has 0 radical (unpaired) electrons. The van der Waals surface area contributed by atoms with Crippen LogP contribution in [0.2, 0.25) is 0 Å². The minimum absolute atomic E-state index is 0.197. The summed E-state index contributed by atoms with van der Waals surface area (Å²) in [6.45, 7) is 0.197. The Morgan fingerprint density at radius 1 is 1.46 bits per heavy atom. The van der Waals surface area contributed by atoms with Crippen LogP contribution in [0, 0.1) is 0 Å².